The molecule has 1 aliphatic heterocycles. The monoisotopic (exact) mass is 356 g/mol. The Balaban J connectivity index is 1.81. The lowest BCUT2D eigenvalue weighted by Crippen LogP contribution is -2.34. The van der Waals surface area contributed by atoms with Crippen LogP contribution in [-0.4, -0.2) is 18.1 Å². The lowest BCUT2D eigenvalue weighted by molar-refractivity contribution is -0.660. The van der Waals surface area contributed by atoms with Crippen LogP contribution in [0.15, 0.2) is 79.3 Å². The second-order valence-electron chi connectivity index (χ2n) is 7.23. The molecule has 0 bridgehead atoms. The van der Waals surface area contributed by atoms with Crippen molar-refractivity contribution in [2.24, 2.45) is 7.05 Å². The van der Waals surface area contributed by atoms with E-state index in [9.17, 15) is 0 Å². The van der Waals surface area contributed by atoms with E-state index in [2.05, 4.69) is 122 Å². The number of anilines is 1. The van der Waals surface area contributed by atoms with E-state index in [1.807, 2.05) is 0 Å². The van der Waals surface area contributed by atoms with Crippen LogP contribution in [-0.2, 0) is 7.05 Å². The first kappa shape index (κ1) is 17.3. The molecule has 1 atom stereocenters. The van der Waals surface area contributed by atoms with Crippen molar-refractivity contribution in [2.75, 3.05) is 11.9 Å². The number of aryl methyl sites for hydroxylation is 1. The van der Waals surface area contributed by atoms with Crippen LogP contribution in [0.1, 0.15) is 12.5 Å². The standard InChI is InChI=1S/C24H26N3/c1-18-22(11-8-12-23(18)27-16-15-25(3)19(27)2)24-17-21(13-14-26(24)4)20-9-6-5-7-10-20/h5-17,19H,1-4H3/q+1/t19-/m0/s1. The summed E-state index contributed by atoms with van der Waals surface area (Å²) in [5, 5.41) is 0. The van der Waals surface area contributed by atoms with E-state index in [-0.39, 0.29) is 0 Å². The van der Waals surface area contributed by atoms with Gasteiger partial charge < -0.3 is 9.80 Å². The van der Waals surface area contributed by atoms with Crippen LogP contribution in [0.2, 0.25) is 0 Å². The summed E-state index contributed by atoms with van der Waals surface area (Å²) in [6.45, 7) is 4.45. The maximum atomic E-state index is 2.33. The average molecular weight is 356 g/mol. The van der Waals surface area contributed by atoms with Crippen molar-refractivity contribution < 1.29 is 4.57 Å². The molecule has 0 aliphatic carbocycles. The van der Waals surface area contributed by atoms with Gasteiger partial charge in [0.2, 0.25) is 5.69 Å². The molecule has 0 unspecified atom stereocenters. The van der Waals surface area contributed by atoms with Crippen LogP contribution >= 0.6 is 0 Å². The Morgan fingerprint density at radius 2 is 1.67 bits per heavy atom. The summed E-state index contributed by atoms with van der Waals surface area (Å²) in [7, 11) is 4.23. The molecule has 1 aromatic heterocycles. The highest BCUT2D eigenvalue weighted by Crippen LogP contribution is 2.33. The maximum Gasteiger partial charge on any atom is 0.213 e. The number of pyridine rings is 1. The summed E-state index contributed by atoms with van der Waals surface area (Å²) in [5.41, 5.74) is 7.52. The van der Waals surface area contributed by atoms with Crippen LogP contribution in [0.3, 0.4) is 0 Å². The highest BCUT2D eigenvalue weighted by atomic mass is 15.4. The summed E-state index contributed by atoms with van der Waals surface area (Å²) >= 11 is 0. The molecule has 3 aromatic rings. The van der Waals surface area contributed by atoms with Crippen molar-refractivity contribution in [3.8, 4) is 22.4 Å². The first-order valence-corrected chi connectivity index (χ1v) is 9.40. The van der Waals surface area contributed by atoms with Gasteiger partial charge in [-0.3, -0.25) is 0 Å². The first-order valence-electron chi connectivity index (χ1n) is 9.40. The number of hydrogen-bond donors (Lipinski definition) is 0. The van der Waals surface area contributed by atoms with Gasteiger partial charge >= 0.3 is 0 Å². The van der Waals surface area contributed by atoms with Crippen molar-refractivity contribution in [3.63, 3.8) is 0 Å². The summed E-state index contributed by atoms with van der Waals surface area (Å²) in [6.07, 6.45) is 6.77. The SMILES string of the molecule is Cc1c(-c2cc(-c3ccccc3)cc[n+]2C)cccc1N1C=CN(C)[C@@H]1C. The zero-order chi connectivity index (χ0) is 19.0. The average Bonchev–Trinajstić information content (AvgIpc) is 3.02. The largest absolute Gasteiger partial charge is 0.359 e. The third kappa shape index (κ3) is 3.10. The Morgan fingerprint density at radius 3 is 2.37 bits per heavy atom. The fraction of sp³-hybridized carbons (Fsp3) is 0.208. The Kier molecular flexibility index (Phi) is 4.44. The van der Waals surface area contributed by atoms with Gasteiger partial charge in [0.25, 0.3) is 0 Å². The zero-order valence-corrected chi connectivity index (χ0v) is 16.4. The Hall–Kier alpha value is -3.07. The number of rotatable bonds is 3. The van der Waals surface area contributed by atoms with Gasteiger partial charge in [0, 0.05) is 37.3 Å². The van der Waals surface area contributed by atoms with E-state index in [0.717, 1.165) is 0 Å². The van der Waals surface area contributed by atoms with Crippen LogP contribution in [0.25, 0.3) is 22.4 Å². The lowest BCUT2D eigenvalue weighted by atomic mass is 9.99. The van der Waals surface area contributed by atoms with Crippen LogP contribution < -0.4 is 9.47 Å². The Morgan fingerprint density at radius 1 is 0.889 bits per heavy atom. The zero-order valence-electron chi connectivity index (χ0n) is 16.4. The minimum Gasteiger partial charge on any atom is -0.359 e. The molecule has 0 fully saturated rings. The van der Waals surface area contributed by atoms with Gasteiger partial charge in [-0.2, -0.15) is 0 Å². The van der Waals surface area contributed by atoms with Gasteiger partial charge in [-0.15, -0.1) is 0 Å². The summed E-state index contributed by atoms with van der Waals surface area (Å²) in [5.74, 6) is 0. The molecular weight excluding hydrogens is 330 g/mol. The van der Waals surface area contributed by atoms with Crippen LogP contribution in [0, 0.1) is 6.92 Å². The highest BCUT2D eigenvalue weighted by Gasteiger charge is 2.24. The molecule has 0 saturated heterocycles. The molecular formula is C24H26N3+. The molecule has 3 heteroatoms. The van der Waals surface area contributed by atoms with E-state index in [4.69, 9.17) is 0 Å². The van der Waals surface area contributed by atoms with Gasteiger partial charge in [0.05, 0.1) is 5.56 Å². The van der Waals surface area contributed by atoms with Crippen molar-refractivity contribution in [1.29, 1.82) is 0 Å². The van der Waals surface area contributed by atoms with Crippen molar-refractivity contribution >= 4 is 5.69 Å². The third-order valence-electron chi connectivity index (χ3n) is 5.57. The normalized spacial score (nSPS) is 16.2. The Labute approximate surface area is 161 Å². The molecule has 2 heterocycles. The van der Waals surface area contributed by atoms with Crippen molar-refractivity contribution in [3.05, 3.63) is 84.8 Å². The quantitative estimate of drug-likeness (QED) is 0.629. The van der Waals surface area contributed by atoms with E-state index < -0.39 is 0 Å². The van der Waals surface area contributed by atoms with Gasteiger partial charge in [0.1, 0.15) is 13.2 Å². The molecule has 27 heavy (non-hydrogen) atoms. The molecule has 4 rings (SSSR count). The third-order valence-corrected chi connectivity index (χ3v) is 5.57. The van der Waals surface area contributed by atoms with E-state index in [1.165, 1.54) is 33.6 Å². The molecule has 0 radical (unpaired) electrons. The van der Waals surface area contributed by atoms with E-state index in [1.54, 1.807) is 0 Å². The Bertz CT molecular complexity index is 992. The summed E-state index contributed by atoms with van der Waals surface area (Å²) in [4.78, 5) is 4.56. The summed E-state index contributed by atoms with van der Waals surface area (Å²) < 4.78 is 2.20. The lowest BCUT2D eigenvalue weighted by Gasteiger charge is -2.28. The molecule has 3 nitrogen and oxygen atoms in total. The molecule has 0 spiro atoms. The molecule has 1 aliphatic rings. The number of hydrogen-bond acceptors (Lipinski definition) is 2. The van der Waals surface area contributed by atoms with Gasteiger partial charge in [-0.25, -0.2) is 4.57 Å². The summed E-state index contributed by atoms with van der Waals surface area (Å²) in [6, 6.07) is 21.6. The second kappa shape index (κ2) is 6.92. The van der Waals surface area contributed by atoms with Gasteiger partial charge in [-0.05, 0) is 42.7 Å². The number of benzene rings is 2. The topological polar surface area (TPSA) is 10.4 Å². The smallest absolute Gasteiger partial charge is 0.213 e. The maximum absolute atomic E-state index is 2.33. The van der Waals surface area contributed by atoms with Crippen molar-refractivity contribution in [2.45, 2.75) is 20.0 Å². The molecule has 136 valence electrons. The predicted octanol–water partition coefficient (Wildman–Crippen LogP) is 4.72. The molecule has 2 aromatic carbocycles. The number of aromatic nitrogens is 1. The van der Waals surface area contributed by atoms with Crippen molar-refractivity contribution in [1.82, 2.24) is 4.90 Å². The highest BCUT2D eigenvalue weighted by molar-refractivity contribution is 5.75. The van der Waals surface area contributed by atoms with E-state index >= 15 is 0 Å². The van der Waals surface area contributed by atoms with Gasteiger partial charge in [-0.1, -0.05) is 36.4 Å². The second-order valence-corrected chi connectivity index (χ2v) is 7.23. The van der Waals surface area contributed by atoms with Crippen LogP contribution in [0.4, 0.5) is 5.69 Å². The van der Waals surface area contributed by atoms with Gasteiger partial charge in [0.15, 0.2) is 6.20 Å². The fourth-order valence-corrected chi connectivity index (χ4v) is 3.73. The van der Waals surface area contributed by atoms with E-state index in [0.29, 0.717) is 6.17 Å². The van der Waals surface area contributed by atoms with Crippen LogP contribution in [0.5, 0.6) is 0 Å². The fourth-order valence-electron chi connectivity index (χ4n) is 3.73. The predicted molar refractivity (Wildman–Crippen MR) is 112 cm³/mol. The minimum absolute atomic E-state index is 0.323. The first-order chi connectivity index (χ1) is 13.1. The molecule has 0 N–H and O–H groups in total. The minimum atomic E-state index is 0.323. The number of nitrogens with zero attached hydrogens (tertiary/aromatic N) is 3. The molecule has 0 amide bonds. The molecule has 0 saturated carbocycles.